The standard InChI is InChI=1S/C19H13BrN2O4/c20-12-3-6-14(7-4-12)26-19-15(2-1-9-21-19)18(23)22-13-5-8-16-17(10-13)25-11-24-16/h1-10H,11H2,(H,22,23). The Kier molecular flexibility index (Phi) is 4.45. The van der Waals surface area contributed by atoms with Gasteiger partial charge in [0.25, 0.3) is 5.91 Å². The van der Waals surface area contributed by atoms with Gasteiger partial charge in [-0.2, -0.15) is 0 Å². The molecule has 0 unspecified atom stereocenters. The van der Waals surface area contributed by atoms with E-state index in [0.717, 1.165) is 4.47 Å². The molecule has 0 aliphatic carbocycles. The van der Waals surface area contributed by atoms with E-state index in [9.17, 15) is 4.79 Å². The number of carbonyl (C=O) groups excluding carboxylic acids is 1. The van der Waals surface area contributed by atoms with Crippen LogP contribution in [0.1, 0.15) is 10.4 Å². The van der Waals surface area contributed by atoms with Crippen molar-refractivity contribution in [2.45, 2.75) is 0 Å². The summed E-state index contributed by atoms with van der Waals surface area (Å²) in [5.74, 6) is 1.74. The number of aromatic nitrogens is 1. The number of benzene rings is 2. The molecule has 4 rings (SSSR count). The van der Waals surface area contributed by atoms with Crippen molar-refractivity contribution < 1.29 is 19.0 Å². The number of nitrogens with zero attached hydrogens (tertiary/aromatic N) is 1. The minimum atomic E-state index is -0.330. The summed E-state index contributed by atoms with van der Waals surface area (Å²) in [6.07, 6.45) is 1.57. The van der Waals surface area contributed by atoms with Gasteiger partial charge in [0.15, 0.2) is 11.5 Å². The maximum absolute atomic E-state index is 12.7. The highest BCUT2D eigenvalue weighted by Gasteiger charge is 2.17. The van der Waals surface area contributed by atoms with E-state index in [0.29, 0.717) is 28.5 Å². The number of rotatable bonds is 4. The van der Waals surface area contributed by atoms with Crippen LogP contribution >= 0.6 is 15.9 Å². The Morgan fingerprint density at radius 3 is 2.73 bits per heavy atom. The maximum Gasteiger partial charge on any atom is 0.261 e. The third-order valence-electron chi connectivity index (χ3n) is 3.67. The van der Waals surface area contributed by atoms with Crippen LogP contribution < -0.4 is 19.5 Å². The summed E-state index contributed by atoms with van der Waals surface area (Å²) in [6.45, 7) is 0.181. The van der Waals surface area contributed by atoms with E-state index in [1.165, 1.54) is 0 Å². The Labute approximate surface area is 157 Å². The highest BCUT2D eigenvalue weighted by molar-refractivity contribution is 9.10. The number of hydrogen-bond donors (Lipinski definition) is 1. The zero-order chi connectivity index (χ0) is 17.9. The topological polar surface area (TPSA) is 69.7 Å². The monoisotopic (exact) mass is 412 g/mol. The van der Waals surface area contributed by atoms with Gasteiger partial charge in [-0.15, -0.1) is 0 Å². The quantitative estimate of drug-likeness (QED) is 0.676. The number of fused-ring (bicyclic) bond motifs is 1. The van der Waals surface area contributed by atoms with Gasteiger partial charge in [-0.3, -0.25) is 4.79 Å². The van der Waals surface area contributed by atoms with Gasteiger partial charge in [-0.25, -0.2) is 4.98 Å². The molecule has 0 atom stereocenters. The Balaban J connectivity index is 1.55. The zero-order valence-corrected chi connectivity index (χ0v) is 15.0. The molecule has 0 spiro atoms. The second kappa shape index (κ2) is 7.05. The Morgan fingerprint density at radius 1 is 1.08 bits per heavy atom. The molecule has 2 aromatic carbocycles. The van der Waals surface area contributed by atoms with Crippen molar-refractivity contribution in [3.63, 3.8) is 0 Å². The number of ether oxygens (including phenoxy) is 3. The van der Waals surface area contributed by atoms with Gasteiger partial charge in [0.05, 0.1) is 0 Å². The van der Waals surface area contributed by atoms with Crippen molar-refractivity contribution in [2.75, 3.05) is 12.1 Å². The second-order valence-corrected chi connectivity index (χ2v) is 6.35. The first-order chi connectivity index (χ1) is 12.7. The fourth-order valence-corrected chi connectivity index (χ4v) is 2.70. The Bertz CT molecular complexity index is 960. The lowest BCUT2D eigenvalue weighted by Gasteiger charge is -2.11. The fourth-order valence-electron chi connectivity index (χ4n) is 2.43. The Hall–Kier alpha value is -3.06. The number of nitrogens with one attached hydrogen (secondary N) is 1. The van der Waals surface area contributed by atoms with E-state index in [2.05, 4.69) is 26.2 Å². The molecule has 0 saturated carbocycles. The highest BCUT2D eigenvalue weighted by Crippen LogP contribution is 2.34. The number of pyridine rings is 1. The maximum atomic E-state index is 12.7. The number of carbonyl (C=O) groups is 1. The largest absolute Gasteiger partial charge is 0.454 e. The van der Waals surface area contributed by atoms with Crippen molar-refractivity contribution in [3.8, 4) is 23.1 Å². The van der Waals surface area contributed by atoms with Crippen LogP contribution in [0.3, 0.4) is 0 Å². The van der Waals surface area contributed by atoms with Crippen molar-refractivity contribution in [1.29, 1.82) is 0 Å². The van der Waals surface area contributed by atoms with Crippen molar-refractivity contribution >= 4 is 27.5 Å². The van der Waals surface area contributed by atoms with E-state index in [4.69, 9.17) is 14.2 Å². The lowest BCUT2D eigenvalue weighted by Crippen LogP contribution is -2.13. The van der Waals surface area contributed by atoms with Crippen molar-refractivity contribution in [1.82, 2.24) is 4.98 Å². The van der Waals surface area contributed by atoms with E-state index in [1.807, 2.05) is 12.1 Å². The molecule has 6 nitrogen and oxygen atoms in total. The van der Waals surface area contributed by atoms with Gasteiger partial charge in [-0.05, 0) is 48.5 Å². The molecule has 0 radical (unpaired) electrons. The van der Waals surface area contributed by atoms with Crippen LogP contribution in [0.5, 0.6) is 23.1 Å². The first-order valence-corrected chi connectivity index (χ1v) is 8.58. The minimum Gasteiger partial charge on any atom is -0.454 e. The van der Waals surface area contributed by atoms with Gasteiger partial charge in [0.2, 0.25) is 12.7 Å². The number of anilines is 1. The molecule has 7 heteroatoms. The van der Waals surface area contributed by atoms with Crippen LogP contribution in [0, 0.1) is 0 Å². The lowest BCUT2D eigenvalue weighted by atomic mass is 10.2. The van der Waals surface area contributed by atoms with E-state index >= 15 is 0 Å². The second-order valence-electron chi connectivity index (χ2n) is 5.43. The lowest BCUT2D eigenvalue weighted by molar-refractivity contribution is 0.102. The van der Waals surface area contributed by atoms with Crippen LogP contribution in [-0.2, 0) is 0 Å². The smallest absolute Gasteiger partial charge is 0.261 e. The molecular weight excluding hydrogens is 400 g/mol. The van der Waals surface area contributed by atoms with Gasteiger partial charge < -0.3 is 19.5 Å². The molecular formula is C19H13BrN2O4. The SMILES string of the molecule is O=C(Nc1ccc2c(c1)OCO2)c1cccnc1Oc1ccc(Br)cc1. The predicted octanol–water partition coefficient (Wildman–Crippen LogP) is 4.62. The van der Waals surface area contributed by atoms with Crippen LogP contribution in [0.25, 0.3) is 0 Å². The molecule has 1 amide bonds. The van der Waals surface area contributed by atoms with Crippen molar-refractivity contribution in [3.05, 3.63) is 70.8 Å². The molecule has 0 bridgehead atoms. The molecule has 130 valence electrons. The zero-order valence-electron chi connectivity index (χ0n) is 13.4. The van der Waals surface area contributed by atoms with Crippen LogP contribution in [-0.4, -0.2) is 17.7 Å². The first-order valence-electron chi connectivity index (χ1n) is 7.78. The van der Waals surface area contributed by atoms with Gasteiger partial charge >= 0.3 is 0 Å². The third kappa shape index (κ3) is 3.48. The van der Waals surface area contributed by atoms with E-state index in [-0.39, 0.29) is 18.6 Å². The number of halogens is 1. The fraction of sp³-hybridized carbons (Fsp3) is 0.0526. The number of amides is 1. The summed E-state index contributed by atoms with van der Waals surface area (Å²) >= 11 is 3.37. The molecule has 1 aromatic heterocycles. The summed E-state index contributed by atoms with van der Waals surface area (Å²) < 4.78 is 17.3. The van der Waals surface area contributed by atoms with E-state index < -0.39 is 0 Å². The summed E-state index contributed by atoms with van der Waals surface area (Å²) in [6, 6.07) is 15.8. The summed E-state index contributed by atoms with van der Waals surface area (Å²) in [4.78, 5) is 16.8. The van der Waals surface area contributed by atoms with Crippen LogP contribution in [0.15, 0.2) is 65.3 Å². The highest BCUT2D eigenvalue weighted by atomic mass is 79.9. The molecule has 26 heavy (non-hydrogen) atoms. The predicted molar refractivity (Wildman–Crippen MR) is 99.0 cm³/mol. The normalized spacial score (nSPS) is 11.9. The summed E-state index contributed by atoms with van der Waals surface area (Å²) in [5.41, 5.74) is 0.922. The third-order valence-corrected chi connectivity index (χ3v) is 4.20. The number of hydrogen-bond acceptors (Lipinski definition) is 5. The minimum absolute atomic E-state index is 0.181. The summed E-state index contributed by atoms with van der Waals surface area (Å²) in [7, 11) is 0. The average Bonchev–Trinajstić information content (AvgIpc) is 3.12. The first kappa shape index (κ1) is 16.4. The molecule has 0 saturated heterocycles. The van der Waals surface area contributed by atoms with Gasteiger partial charge in [0, 0.05) is 22.4 Å². The van der Waals surface area contributed by atoms with Crippen molar-refractivity contribution in [2.24, 2.45) is 0 Å². The molecule has 3 aromatic rings. The molecule has 1 aliphatic heterocycles. The Morgan fingerprint density at radius 2 is 1.88 bits per heavy atom. The molecule has 2 heterocycles. The van der Waals surface area contributed by atoms with Gasteiger partial charge in [-0.1, -0.05) is 15.9 Å². The molecule has 1 N–H and O–H groups in total. The average molecular weight is 413 g/mol. The summed E-state index contributed by atoms with van der Waals surface area (Å²) in [5, 5.41) is 2.82. The van der Waals surface area contributed by atoms with Gasteiger partial charge in [0.1, 0.15) is 11.3 Å². The molecule has 0 fully saturated rings. The van der Waals surface area contributed by atoms with E-state index in [1.54, 1.807) is 48.7 Å². The molecule has 1 aliphatic rings. The van der Waals surface area contributed by atoms with Crippen LogP contribution in [0.4, 0.5) is 5.69 Å². The van der Waals surface area contributed by atoms with Crippen LogP contribution in [0.2, 0.25) is 0 Å².